The second-order valence-electron chi connectivity index (χ2n) is 14.6. The number of rotatable bonds is 14. The van der Waals surface area contributed by atoms with Crippen LogP contribution in [0.1, 0.15) is 53.4 Å². The minimum atomic E-state index is -0.885. The molecule has 0 radical (unpaired) electrons. The molecule has 9 nitrogen and oxygen atoms in total. The van der Waals surface area contributed by atoms with Crippen LogP contribution in [0.15, 0.2) is 186 Å². The van der Waals surface area contributed by atoms with Crippen molar-refractivity contribution >= 4 is 10.9 Å². The lowest BCUT2D eigenvalue weighted by Gasteiger charge is -2.36. The van der Waals surface area contributed by atoms with Crippen LogP contribution in [0.3, 0.4) is 0 Å². The van der Waals surface area contributed by atoms with E-state index in [-0.39, 0.29) is 5.56 Å². The van der Waals surface area contributed by atoms with Gasteiger partial charge in [0.1, 0.15) is 24.2 Å². The molecular formula is C50H42N6O3. The standard InChI is InChI=1S/C50H42N6O3/c1-2-3-23-47-51-46-29-26-37(34-59-42-30-31-58-35-42)32-45(46)49(57)55(47)33-36-24-27-38(28-25-36)43-21-13-14-22-44(43)48-52-53-54-56(48)50(39-15-7-4-8-16-39,40-17-9-5-10-18-40)41-19-11-6-12-20-41/h4-22,24-32,35H,2-3,23,33-34H2,1H3. The van der Waals surface area contributed by atoms with Crippen LogP contribution in [0, 0.1) is 0 Å². The van der Waals surface area contributed by atoms with Crippen molar-refractivity contribution in [3.8, 4) is 28.3 Å². The van der Waals surface area contributed by atoms with Gasteiger partial charge in [0.25, 0.3) is 5.56 Å². The Bertz CT molecular complexity index is 2760. The van der Waals surface area contributed by atoms with Crippen molar-refractivity contribution in [2.75, 3.05) is 0 Å². The number of fused-ring (bicyclic) bond motifs is 1. The van der Waals surface area contributed by atoms with Crippen molar-refractivity contribution in [2.24, 2.45) is 0 Å². The molecule has 0 aliphatic heterocycles. The third-order valence-electron chi connectivity index (χ3n) is 10.9. The fourth-order valence-corrected chi connectivity index (χ4v) is 7.98. The van der Waals surface area contributed by atoms with Gasteiger partial charge in [0.05, 0.1) is 23.7 Å². The van der Waals surface area contributed by atoms with E-state index in [2.05, 4.69) is 121 Å². The molecule has 290 valence electrons. The second kappa shape index (κ2) is 16.6. The summed E-state index contributed by atoms with van der Waals surface area (Å²) in [5.74, 6) is 2.05. The van der Waals surface area contributed by atoms with Gasteiger partial charge in [-0.1, -0.05) is 159 Å². The molecule has 9 rings (SSSR count). The number of tetrazole rings is 1. The zero-order chi connectivity index (χ0) is 40.0. The molecular weight excluding hydrogens is 733 g/mol. The molecule has 9 aromatic rings. The highest BCUT2D eigenvalue weighted by atomic mass is 16.5. The zero-order valence-corrected chi connectivity index (χ0v) is 32.7. The van der Waals surface area contributed by atoms with Crippen LogP contribution < -0.4 is 10.3 Å². The minimum absolute atomic E-state index is 0.0637. The fourth-order valence-electron chi connectivity index (χ4n) is 7.98. The maximum absolute atomic E-state index is 14.2. The number of unbranched alkanes of at least 4 members (excludes halogenated alkanes) is 1. The first kappa shape index (κ1) is 37.2. The molecule has 9 heteroatoms. The first-order chi connectivity index (χ1) is 29.1. The van der Waals surface area contributed by atoms with Gasteiger partial charge in [-0.05, 0) is 67.9 Å². The SMILES string of the molecule is CCCCc1nc2ccc(COc3ccoc3)cc2c(=O)n1Cc1ccc(-c2ccccc2-c2nnnn2C(c2ccccc2)(c2ccccc2)c2ccccc2)cc1. The van der Waals surface area contributed by atoms with Gasteiger partial charge in [-0.25, -0.2) is 9.67 Å². The van der Waals surface area contributed by atoms with E-state index in [1.165, 1.54) is 0 Å². The molecule has 0 aliphatic rings. The number of furan rings is 1. The Labute approximate surface area is 342 Å². The highest BCUT2D eigenvalue weighted by Crippen LogP contribution is 2.43. The third kappa shape index (κ3) is 7.23. The normalized spacial score (nSPS) is 11.5. The Morgan fingerprint density at radius 2 is 1.32 bits per heavy atom. The molecule has 3 aromatic heterocycles. The predicted molar refractivity (Wildman–Crippen MR) is 230 cm³/mol. The van der Waals surface area contributed by atoms with Crippen molar-refractivity contribution in [1.29, 1.82) is 0 Å². The van der Waals surface area contributed by atoms with Crippen LogP contribution in [-0.2, 0) is 25.1 Å². The van der Waals surface area contributed by atoms with Crippen LogP contribution in [0.2, 0.25) is 0 Å². The minimum Gasteiger partial charge on any atom is -0.486 e. The monoisotopic (exact) mass is 774 g/mol. The van der Waals surface area contributed by atoms with Gasteiger partial charge in [0, 0.05) is 18.1 Å². The highest BCUT2D eigenvalue weighted by molar-refractivity contribution is 5.81. The van der Waals surface area contributed by atoms with Crippen LogP contribution in [0.5, 0.6) is 5.75 Å². The van der Waals surface area contributed by atoms with E-state index in [1.807, 2.05) is 57.8 Å². The average Bonchev–Trinajstić information content (AvgIpc) is 4.02. The Morgan fingerprint density at radius 1 is 0.695 bits per heavy atom. The van der Waals surface area contributed by atoms with E-state index in [1.54, 1.807) is 18.6 Å². The summed E-state index contributed by atoms with van der Waals surface area (Å²) in [5, 5.41) is 14.4. The van der Waals surface area contributed by atoms with Crippen molar-refractivity contribution in [3.05, 3.63) is 220 Å². The molecule has 0 unspecified atom stereocenters. The number of aromatic nitrogens is 6. The molecule has 0 N–H and O–H groups in total. The number of aryl methyl sites for hydroxylation is 1. The molecule has 59 heavy (non-hydrogen) atoms. The smallest absolute Gasteiger partial charge is 0.261 e. The van der Waals surface area contributed by atoms with Gasteiger partial charge in [0.2, 0.25) is 0 Å². The van der Waals surface area contributed by atoms with Gasteiger partial charge in [-0.2, -0.15) is 0 Å². The number of ether oxygens (including phenoxy) is 1. The summed E-state index contributed by atoms with van der Waals surface area (Å²) in [6.45, 7) is 2.86. The summed E-state index contributed by atoms with van der Waals surface area (Å²) >= 11 is 0. The van der Waals surface area contributed by atoms with Crippen molar-refractivity contribution < 1.29 is 9.15 Å². The van der Waals surface area contributed by atoms with E-state index in [0.29, 0.717) is 42.0 Å². The van der Waals surface area contributed by atoms with E-state index < -0.39 is 5.54 Å². The predicted octanol–water partition coefficient (Wildman–Crippen LogP) is 10.1. The van der Waals surface area contributed by atoms with Gasteiger partial charge in [-0.15, -0.1) is 5.10 Å². The number of benzene rings is 6. The average molecular weight is 775 g/mol. The summed E-state index contributed by atoms with van der Waals surface area (Å²) in [7, 11) is 0. The van der Waals surface area contributed by atoms with Crippen molar-refractivity contribution in [1.82, 2.24) is 29.8 Å². The number of hydrogen-bond donors (Lipinski definition) is 0. The van der Waals surface area contributed by atoms with Crippen LogP contribution >= 0.6 is 0 Å². The zero-order valence-electron chi connectivity index (χ0n) is 32.7. The molecule has 0 saturated carbocycles. The third-order valence-corrected chi connectivity index (χ3v) is 10.9. The fraction of sp³-hybridized carbons (Fsp3) is 0.140. The summed E-state index contributed by atoms with van der Waals surface area (Å²) in [6.07, 6.45) is 5.77. The molecule has 3 heterocycles. The van der Waals surface area contributed by atoms with Gasteiger partial charge in [-0.3, -0.25) is 9.36 Å². The Hall–Kier alpha value is -7.39. The lowest BCUT2D eigenvalue weighted by Crippen LogP contribution is -2.39. The molecule has 6 aromatic carbocycles. The Morgan fingerprint density at radius 3 is 1.95 bits per heavy atom. The second-order valence-corrected chi connectivity index (χ2v) is 14.6. The molecule has 0 atom stereocenters. The summed E-state index contributed by atoms with van der Waals surface area (Å²) in [5.41, 5.74) is 7.58. The molecule has 0 fully saturated rings. The van der Waals surface area contributed by atoms with E-state index in [4.69, 9.17) is 24.5 Å². The van der Waals surface area contributed by atoms with Crippen LogP contribution in [0.25, 0.3) is 33.4 Å². The van der Waals surface area contributed by atoms with E-state index >= 15 is 0 Å². The Kier molecular flexibility index (Phi) is 10.5. The maximum atomic E-state index is 14.2. The van der Waals surface area contributed by atoms with Gasteiger partial charge < -0.3 is 9.15 Å². The van der Waals surface area contributed by atoms with E-state index in [0.717, 1.165) is 63.2 Å². The topological polar surface area (TPSA) is 101 Å². The molecule has 0 spiro atoms. The Balaban J connectivity index is 1.09. The molecule has 0 amide bonds. The first-order valence-electron chi connectivity index (χ1n) is 19.9. The quantitative estimate of drug-likeness (QED) is 0.101. The first-order valence-corrected chi connectivity index (χ1v) is 19.9. The number of hydrogen-bond acceptors (Lipinski definition) is 7. The summed E-state index contributed by atoms with van der Waals surface area (Å²) in [4.78, 5) is 19.2. The lowest BCUT2D eigenvalue weighted by molar-refractivity contribution is 0.302. The summed E-state index contributed by atoms with van der Waals surface area (Å²) in [6, 6.07) is 55.4. The summed E-state index contributed by atoms with van der Waals surface area (Å²) < 4.78 is 14.8. The van der Waals surface area contributed by atoms with Gasteiger partial charge in [0.15, 0.2) is 11.6 Å². The largest absolute Gasteiger partial charge is 0.486 e. The number of nitrogens with zero attached hydrogens (tertiary/aromatic N) is 6. The van der Waals surface area contributed by atoms with Crippen molar-refractivity contribution in [2.45, 2.75) is 44.9 Å². The molecule has 0 saturated heterocycles. The molecule has 0 aliphatic carbocycles. The van der Waals surface area contributed by atoms with E-state index in [9.17, 15) is 4.79 Å². The van der Waals surface area contributed by atoms with Crippen molar-refractivity contribution in [3.63, 3.8) is 0 Å². The highest BCUT2D eigenvalue weighted by Gasteiger charge is 2.42. The van der Waals surface area contributed by atoms with Crippen LogP contribution in [0.4, 0.5) is 0 Å². The van der Waals surface area contributed by atoms with Crippen LogP contribution in [-0.4, -0.2) is 29.8 Å². The molecule has 0 bridgehead atoms. The lowest BCUT2D eigenvalue weighted by atomic mass is 9.77. The maximum Gasteiger partial charge on any atom is 0.261 e. The van der Waals surface area contributed by atoms with Gasteiger partial charge >= 0.3 is 0 Å².